The lowest BCUT2D eigenvalue weighted by Crippen LogP contribution is -2.39. The first-order chi connectivity index (χ1) is 7.79. The quantitative estimate of drug-likeness (QED) is 0.617. The van der Waals surface area contributed by atoms with Crippen molar-refractivity contribution in [1.82, 2.24) is 4.90 Å². The zero-order valence-electron chi connectivity index (χ0n) is 9.14. The van der Waals surface area contributed by atoms with Crippen LogP contribution in [0.2, 0.25) is 0 Å². The number of likely N-dealkylation sites (tertiary alicyclic amines) is 1. The van der Waals surface area contributed by atoms with Crippen molar-refractivity contribution in [2.75, 3.05) is 13.1 Å². The van der Waals surface area contributed by atoms with Gasteiger partial charge >= 0.3 is 0 Å². The van der Waals surface area contributed by atoms with Crippen LogP contribution in [-0.4, -0.2) is 21.9 Å². The summed E-state index contributed by atoms with van der Waals surface area (Å²) in [6.45, 7) is 3.00. The van der Waals surface area contributed by atoms with Gasteiger partial charge in [-0.25, -0.2) is 0 Å². The molecule has 0 bridgehead atoms. The molecule has 0 N–H and O–H groups in total. The number of hydrogen-bond donors (Lipinski definition) is 0. The van der Waals surface area contributed by atoms with E-state index in [4.69, 9.17) is 5.26 Å². The molecule has 1 aromatic carbocycles. The molecule has 1 fully saturated rings. The third kappa shape index (κ3) is 2.96. The van der Waals surface area contributed by atoms with Crippen LogP contribution < -0.4 is 0 Å². The van der Waals surface area contributed by atoms with Gasteiger partial charge in [0.2, 0.25) is 0 Å². The van der Waals surface area contributed by atoms with Gasteiger partial charge in [-0.05, 0) is 18.5 Å². The highest BCUT2D eigenvalue weighted by Crippen LogP contribution is 2.24. The SMILES string of the molecule is N#CC1CN(Cc2ccccc2)CCC1I. The van der Waals surface area contributed by atoms with E-state index in [1.165, 1.54) is 5.56 Å². The molecule has 2 nitrogen and oxygen atoms in total. The Morgan fingerprint density at radius 3 is 2.81 bits per heavy atom. The molecule has 1 heterocycles. The summed E-state index contributed by atoms with van der Waals surface area (Å²) in [5.74, 6) is 0.193. The van der Waals surface area contributed by atoms with Crippen LogP contribution in [0.1, 0.15) is 12.0 Å². The van der Waals surface area contributed by atoms with E-state index in [1.807, 2.05) is 6.07 Å². The largest absolute Gasteiger partial charge is 0.298 e. The summed E-state index contributed by atoms with van der Waals surface area (Å²) in [5.41, 5.74) is 1.34. The Morgan fingerprint density at radius 2 is 2.12 bits per heavy atom. The van der Waals surface area contributed by atoms with Gasteiger partial charge in [-0.1, -0.05) is 52.9 Å². The van der Waals surface area contributed by atoms with Crippen LogP contribution >= 0.6 is 22.6 Å². The first-order valence-electron chi connectivity index (χ1n) is 5.59. The molecule has 2 rings (SSSR count). The second kappa shape index (κ2) is 5.65. The lowest BCUT2D eigenvalue weighted by atomic mass is 9.99. The van der Waals surface area contributed by atoms with Crippen LogP contribution in [0, 0.1) is 17.2 Å². The maximum absolute atomic E-state index is 9.06. The number of nitrogens with zero attached hydrogens (tertiary/aromatic N) is 2. The summed E-state index contributed by atoms with van der Waals surface area (Å²) in [7, 11) is 0. The number of benzene rings is 1. The maximum atomic E-state index is 9.06. The van der Waals surface area contributed by atoms with Gasteiger partial charge in [0.1, 0.15) is 0 Å². The summed E-state index contributed by atoms with van der Waals surface area (Å²) in [6, 6.07) is 12.9. The molecule has 84 valence electrons. The van der Waals surface area contributed by atoms with Gasteiger partial charge in [-0.3, -0.25) is 4.90 Å². The number of piperidine rings is 1. The molecule has 0 aromatic heterocycles. The highest BCUT2D eigenvalue weighted by molar-refractivity contribution is 14.1. The highest BCUT2D eigenvalue weighted by Gasteiger charge is 2.26. The van der Waals surface area contributed by atoms with Crippen molar-refractivity contribution >= 4 is 22.6 Å². The van der Waals surface area contributed by atoms with Crippen LogP contribution in [0.5, 0.6) is 0 Å². The molecule has 2 atom stereocenters. The van der Waals surface area contributed by atoms with Gasteiger partial charge in [-0.15, -0.1) is 0 Å². The zero-order valence-corrected chi connectivity index (χ0v) is 11.3. The summed E-state index contributed by atoms with van der Waals surface area (Å²) >= 11 is 2.41. The second-order valence-electron chi connectivity index (χ2n) is 4.26. The molecule has 0 saturated carbocycles. The molecule has 1 aliphatic heterocycles. The normalized spacial score (nSPS) is 26.2. The molecule has 0 spiro atoms. The first kappa shape index (κ1) is 11.9. The molecule has 16 heavy (non-hydrogen) atoms. The Kier molecular flexibility index (Phi) is 4.19. The van der Waals surface area contributed by atoms with Crippen molar-refractivity contribution in [3.8, 4) is 6.07 Å². The molecule has 2 unspecified atom stereocenters. The fourth-order valence-corrected chi connectivity index (χ4v) is 2.76. The summed E-state index contributed by atoms with van der Waals surface area (Å²) in [6.07, 6.45) is 1.13. The van der Waals surface area contributed by atoms with Crippen molar-refractivity contribution in [1.29, 1.82) is 5.26 Å². The average Bonchev–Trinajstić information content (AvgIpc) is 2.33. The molecule has 0 amide bonds. The van der Waals surface area contributed by atoms with E-state index in [2.05, 4.69) is 57.8 Å². The minimum atomic E-state index is 0.193. The fourth-order valence-electron chi connectivity index (χ4n) is 2.10. The van der Waals surface area contributed by atoms with E-state index in [9.17, 15) is 0 Å². The van der Waals surface area contributed by atoms with Crippen molar-refractivity contribution < 1.29 is 0 Å². The Balaban J connectivity index is 1.95. The molecular weight excluding hydrogens is 311 g/mol. The highest BCUT2D eigenvalue weighted by atomic mass is 127. The van der Waals surface area contributed by atoms with Crippen molar-refractivity contribution in [2.45, 2.75) is 16.9 Å². The van der Waals surface area contributed by atoms with Gasteiger partial charge in [0.15, 0.2) is 0 Å². The molecule has 0 radical (unpaired) electrons. The Hall–Kier alpha value is -0.600. The molecule has 1 aromatic rings. The molecule has 1 saturated heterocycles. The van der Waals surface area contributed by atoms with Crippen LogP contribution in [-0.2, 0) is 6.54 Å². The summed E-state index contributed by atoms with van der Waals surface area (Å²) < 4.78 is 0.523. The van der Waals surface area contributed by atoms with Crippen LogP contribution in [0.25, 0.3) is 0 Å². The van der Waals surface area contributed by atoms with Gasteiger partial charge in [-0.2, -0.15) is 5.26 Å². The van der Waals surface area contributed by atoms with E-state index >= 15 is 0 Å². The zero-order chi connectivity index (χ0) is 11.4. The van der Waals surface area contributed by atoms with Crippen LogP contribution in [0.3, 0.4) is 0 Å². The summed E-state index contributed by atoms with van der Waals surface area (Å²) in [4.78, 5) is 2.39. The molecular formula is C13H15IN2. The topological polar surface area (TPSA) is 27.0 Å². The standard InChI is InChI=1S/C13H15IN2/c14-13-6-7-16(10-12(13)8-15)9-11-4-2-1-3-5-11/h1-5,12-13H,6-7,9-10H2. The predicted octanol–water partition coefficient (Wildman–Crippen LogP) is 2.84. The Morgan fingerprint density at radius 1 is 1.38 bits per heavy atom. The minimum absolute atomic E-state index is 0.193. The number of rotatable bonds is 2. The number of alkyl halides is 1. The number of halogens is 1. The average molecular weight is 326 g/mol. The fraction of sp³-hybridized carbons (Fsp3) is 0.462. The van der Waals surface area contributed by atoms with Crippen LogP contribution in [0.4, 0.5) is 0 Å². The molecule has 1 aliphatic rings. The van der Waals surface area contributed by atoms with Crippen molar-refractivity contribution in [2.24, 2.45) is 5.92 Å². The van der Waals surface area contributed by atoms with Gasteiger partial charge in [0, 0.05) is 17.0 Å². The van der Waals surface area contributed by atoms with Gasteiger partial charge < -0.3 is 0 Å². The Labute approximate surface area is 110 Å². The minimum Gasteiger partial charge on any atom is -0.298 e. The van der Waals surface area contributed by atoms with E-state index in [0.29, 0.717) is 3.92 Å². The van der Waals surface area contributed by atoms with E-state index < -0.39 is 0 Å². The first-order valence-corrected chi connectivity index (χ1v) is 6.84. The number of hydrogen-bond acceptors (Lipinski definition) is 2. The third-order valence-corrected chi connectivity index (χ3v) is 4.52. The van der Waals surface area contributed by atoms with E-state index in [-0.39, 0.29) is 5.92 Å². The predicted molar refractivity (Wildman–Crippen MR) is 73.2 cm³/mol. The van der Waals surface area contributed by atoms with Gasteiger partial charge in [0.05, 0.1) is 12.0 Å². The van der Waals surface area contributed by atoms with Crippen molar-refractivity contribution in [3.63, 3.8) is 0 Å². The lowest BCUT2D eigenvalue weighted by molar-refractivity contribution is 0.201. The molecule has 0 aliphatic carbocycles. The Bertz CT molecular complexity index is 371. The monoisotopic (exact) mass is 326 g/mol. The third-order valence-electron chi connectivity index (χ3n) is 3.03. The van der Waals surface area contributed by atoms with Gasteiger partial charge in [0.25, 0.3) is 0 Å². The smallest absolute Gasteiger partial charge is 0.0708 e. The lowest BCUT2D eigenvalue weighted by Gasteiger charge is -2.32. The molecule has 3 heteroatoms. The number of nitriles is 1. The second-order valence-corrected chi connectivity index (χ2v) is 5.86. The van der Waals surface area contributed by atoms with E-state index in [1.54, 1.807) is 0 Å². The summed E-state index contributed by atoms with van der Waals surface area (Å²) in [5, 5.41) is 9.06. The van der Waals surface area contributed by atoms with E-state index in [0.717, 1.165) is 26.1 Å². The van der Waals surface area contributed by atoms with Crippen molar-refractivity contribution in [3.05, 3.63) is 35.9 Å². The maximum Gasteiger partial charge on any atom is 0.0708 e. The van der Waals surface area contributed by atoms with Crippen LogP contribution in [0.15, 0.2) is 30.3 Å².